The van der Waals surface area contributed by atoms with E-state index in [0.717, 1.165) is 18.4 Å². The Morgan fingerprint density at radius 1 is 1.19 bits per heavy atom. The normalized spacial score (nSPS) is 18.9. The van der Waals surface area contributed by atoms with Crippen LogP contribution in [0.15, 0.2) is 18.2 Å². The second-order valence-corrected chi connectivity index (χ2v) is 9.70. The van der Waals surface area contributed by atoms with Crippen molar-refractivity contribution in [3.05, 3.63) is 35.3 Å². The molecule has 2 fully saturated rings. The second kappa shape index (κ2) is 10.3. The highest BCUT2D eigenvalue weighted by Crippen LogP contribution is 2.34. The predicted molar refractivity (Wildman–Crippen MR) is 133 cm³/mol. The summed E-state index contributed by atoms with van der Waals surface area (Å²) in [5.74, 6) is -0.304. The van der Waals surface area contributed by atoms with E-state index in [-0.39, 0.29) is 43.1 Å². The van der Waals surface area contributed by atoms with E-state index in [1.54, 1.807) is 11.0 Å². The number of benzene rings is 1. The highest BCUT2D eigenvalue weighted by molar-refractivity contribution is 5.90. The molecule has 37 heavy (non-hydrogen) atoms. The molecule has 0 radical (unpaired) electrons. The van der Waals surface area contributed by atoms with E-state index in [2.05, 4.69) is 15.5 Å². The number of hydrogen-bond acceptors (Lipinski definition) is 7. The Morgan fingerprint density at radius 3 is 2.70 bits per heavy atom. The molecular formula is C25H30FN7O4. The van der Waals surface area contributed by atoms with Crippen molar-refractivity contribution in [1.82, 2.24) is 20.2 Å². The summed E-state index contributed by atoms with van der Waals surface area (Å²) in [6.07, 6.45) is 1.88. The third kappa shape index (κ3) is 5.63. The molecule has 0 spiro atoms. The van der Waals surface area contributed by atoms with Crippen LogP contribution in [0, 0.1) is 5.82 Å². The Kier molecular flexibility index (Phi) is 6.92. The second-order valence-electron chi connectivity index (χ2n) is 9.70. The van der Waals surface area contributed by atoms with Crippen molar-refractivity contribution in [2.24, 2.45) is 5.73 Å². The fraction of sp³-hybridized carbons (Fsp3) is 0.480. The Bertz CT molecular complexity index is 1240. The molecular weight excluding hydrogens is 481 g/mol. The van der Waals surface area contributed by atoms with Gasteiger partial charge in [-0.05, 0) is 38.0 Å². The highest BCUT2D eigenvalue weighted by Gasteiger charge is 2.33. The van der Waals surface area contributed by atoms with Crippen molar-refractivity contribution in [1.29, 1.82) is 0 Å². The first-order chi connectivity index (χ1) is 17.8. The number of amides is 4. The van der Waals surface area contributed by atoms with E-state index in [9.17, 15) is 18.8 Å². The smallest absolute Gasteiger partial charge is 0.319 e. The Labute approximate surface area is 213 Å². The van der Waals surface area contributed by atoms with Gasteiger partial charge in [0.25, 0.3) is 0 Å². The van der Waals surface area contributed by atoms with Crippen LogP contribution >= 0.6 is 0 Å². The highest BCUT2D eigenvalue weighted by atomic mass is 19.1. The minimum absolute atomic E-state index is 0.0195. The summed E-state index contributed by atoms with van der Waals surface area (Å²) in [4.78, 5) is 49.2. The van der Waals surface area contributed by atoms with Gasteiger partial charge >= 0.3 is 6.03 Å². The van der Waals surface area contributed by atoms with Gasteiger partial charge < -0.3 is 30.9 Å². The number of morpholine rings is 1. The zero-order chi connectivity index (χ0) is 26.1. The molecule has 3 aliphatic rings. The van der Waals surface area contributed by atoms with Crippen molar-refractivity contribution in [3.63, 3.8) is 0 Å². The number of primary amides is 1. The van der Waals surface area contributed by atoms with Crippen molar-refractivity contribution >= 4 is 29.4 Å². The Balaban J connectivity index is 1.43. The number of urea groups is 1. The molecule has 5 rings (SSSR count). The van der Waals surface area contributed by atoms with E-state index in [1.165, 1.54) is 12.1 Å². The summed E-state index contributed by atoms with van der Waals surface area (Å²) in [5.41, 5.74) is 7.24. The van der Waals surface area contributed by atoms with Crippen LogP contribution in [0.5, 0.6) is 0 Å². The molecule has 12 heteroatoms. The number of rotatable bonds is 7. The quantitative estimate of drug-likeness (QED) is 0.515. The maximum absolute atomic E-state index is 14.9. The van der Waals surface area contributed by atoms with E-state index >= 15 is 0 Å². The lowest BCUT2D eigenvalue weighted by atomic mass is 10.1. The van der Waals surface area contributed by atoms with Crippen LogP contribution in [0.3, 0.4) is 0 Å². The van der Waals surface area contributed by atoms with Crippen molar-refractivity contribution < 1.29 is 23.5 Å². The number of anilines is 2. The number of nitrogens with zero attached hydrogens (tertiary/aromatic N) is 4. The molecule has 3 heterocycles. The molecule has 2 aliphatic heterocycles. The first-order valence-electron chi connectivity index (χ1n) is 12.5. The summed E-state index contributed by atoms with van der Waals surface area (Å²) >= 11 is 0. The molecule has 2 aromatic rings. The molecule has 11 nitrogen and oxygen atoms in total. The van der Waals surface area contributed by atoms with Crippen LogP contribution in [-0.4, -0.2) is 64.6 Å². The minimum Gasteiger partial charge on any atom is -0.377 e. The number of hydrogen-bond donors (Lipinski definition) is 3. The van der Waals surface area contributed by atoms with Gasteiger partial charge in [-0.1, -0.05) is 0 Å². The molecule has 1 saturated carbocycles. The predicted octanol–water partition coefficient (Wildman–Crippen LogP) is 1.90. The fourth-order valence-corrected chi connectivity index (χ4v) is 4.54. The van der Waals surface area contributed by atoms with E-state index < -0.39 is 17.8 Å². The van der Waals surface area contributed by atoms with Gasteiger partial charge in [0.2, 0.25) is 11.8 Å². The van der Waals surface area contributed by atoms with Crippen molar-refractivity contribution in [3.8, 4) is 11.4 Å². The van der Waals surface area contributed by atoms with Gasteiger partial charge in [0, 0.05) is 36.6 Å². The number of carbonyl (C=O) groups excluding carboxylic acids is 3. The Hall–Kier alpha value is -3.80. The van der Waals surface area contributed by atoms with Crippen LogP contribution in [0.1, 0.15) is 43.9 Å². The summed E-state index contributed by atoms with van der Waals surface area (Å²) in [7, 11) is 0. The number of aromatic nitrogens is 2. The van der Waals surface area contributed by atoms with Gasteiger partial charge in [-0.25, -0.2) is 19.2 Å². The summed E-state index contributed by atoms with van der Waals surface area (Å²) in [5, 5.41) is 5.31. The third-order valence-electron chi connectivity index (χ3n) is 6.73. The van der Waals surface area contributed by atoms with E-state index in [4.69, 9.17) is 20.4 Å². The van der Waals surface area contributed by atoms with Gasteiger partial charge in [0.15, 0.2) is 5.82 Å². The van der Waals surface area contributed by atoms with E-state index in [1.807, 2.05) is 6.92 Å². The summed E-state index contributed by atoms with van der Waals surface area (Å²) in [6.45, 7) is 4.31. The number of halogens is 1. The lowest BCUT2D eigenvalue weighted by Crippen LogP contribution is -2.44. The van der Waals surface area contributed by atoms with Crippen LogP contribution in [0.25, 0.3) is 11.4 Å². The van der Waals surface area contributed by atoms with Crippen molar-refractivity contribution in [2.75, 3.05) is 30.0 Å². The number of nitrogens with two attached hydrogens (primary N) is 1. The molecule has 196 valence electrons. The molecule has 0 bridgehead atoms. The molecule has 1 atom stereocenters. The SMILES string of the molecule is C[C@H]1COCCN1c1nc(-c2ccc(NC(=O)NC3CC3)c(F)c2)nc2c1CN(C(=O)CCC(N)=O)C2. The fourth-order valence-electron chi connectivity index (χ4n) is 4.54. The third-order valence-corrected chi connectivity index (χ3v) is 6.73. The first kappa shape index (κ1) is 24.9. The van der Waals surface area contributed by atoms with Crippen molar-refractivity contribution in [2.45, 2.75) is 57.8 Å². The molecule has 1 aromatic heterocycles. The average molecular weight is 512 g/mol. The molecule has 4 amide bonds. The lowest BCUT2D eigenvalue weighted by Gasteiger charge is -2.35. The monoisotopic (exact) mass is 511 g/mol. The topological polar surface area (TPSA) is 143 Å². The van der Waals surface area contributed by atoms with Crippen LogP contribution in [0.4, 0.5) is 20.7 Å². The molecule has 1 saturated heterocycles. The maximum atomic E-state index is 14.9. The standard InChI is InChI=1S/C25H30FN7O4/c1-14-13-37-9-8-33(14)24-17-11-32(22(35)7-6-21(27)34)12-20(17)29-23(31-24)15-2-5-19(18(26)10-15)30-25(36)28-16-3-4-16/h2,5,10,14,16H,3-4,6-9,11-13H2,1H3,(H2,27,34)(H2,28,30,36)/t14-/m0/s1. The number of nitrogens with one attached hydrogen (secondary N) is 2. The van der Waals surface area contributed by atoms with Gasteiger partial charge in [-0.3, -0.25) is 9.59 Å². The number of ether oxygens (including phenoxy) is 1. The summed E-state index contributed by atoms with van der Waals surface area (Å²) in [6, 6.07) is 4.22. The molecule has 1 aliphatic carbocycles. The molecule has 4 N–H and O–H groups in total. The van der Waals surface area contributed by atoms with Crippen LogP contribution in [0.2, 0.25) is 0 Å². The van der Waals surface area contributed by atoms with Crippen LogP contribution in [-0.2, 0) is 27.4 Å². The average Bonchev–Trinajstić information content (AvgIpc) is 3.57. The molecule has 0 unspecified atom stereocenters. The first-order valence-corrected chi connectivity index (χ1v) is 12.5. The van der Waals surface area contributed by atoms with Gasteiger partial charge in [-0.15, -0.1) is 0 Å². The minimum atomic E-state index is -0.600. The van der Waals surface area contributed by atoms with Gasteiger partial charge in [0.05, 0.1) is 43.7 Å². The number of carbonyl (C=O) groups is 3. The maximum Gasteiger partial charge on any atom is 0.319 e. The largest absolute Gasteiger partial charge is 0.377 e. The summed E-state index contributed by atoms with van der Waals surface area (Å²) < 4.78 is 20.5. The zero-order valence-corrected chi connectivity index (χ0v) is 20.6. The van der Waals surface area contributed by atoms with Gasteiger partial charge in [0.1, 0.15) is 11.6 Å². The van der Waals surface area contributed by atoms with Crippen LogP contribution < -0.4 is 21.3 Å². The van der Waals surface area contributed by atoms with E-state index in [0.29, 0.717) is 49.2 Å². The Morgan fingerprint density at radius 2 is 2.00 bits per heavy atom. The number of fused-ring (bicyclic) bond motifs is 1. The zero-order valence-electron chi connectivity index (χ0n) is 20.6. The molecule has 1 aromatic carbocycles. The lowest BCUT2D eigenvalue weighted by molar-refractivity contribution is -0.133. The van der Waals surface area contributed by atoms with Gasteiger partial charge in [-0.2, -0.15) is 0 Å².